The lowest BCUT2D eigenvalue weighted by molar-refractivity contribution is 0.0958. The number of ether oxygens (including phenoxy) is 1. The van der Waals surface area contributed by atoms with E-state index in [2.05, 4.69) is 46.1 Å². The number of nitrogens with one attached hydrogen (secondary N) is 1. The number of H-pyrrole nitrogens is 1. The second-order valence-electron chi connectivity index (χ2n) is 6.32. The van der Waals surface area contributed by atoms with Crippen molar-refractivity contribution in [3.05, 3.63) is 52.1 Å². The van der Waals surface area contributed by atoms with Gasteiger partial charge in [-0.1, -0.05) is 41.6 Å². The summed E-state index contributed by atoms with van der Waals surface area (Å²) in [6, 6.07) is 8.43. The van der Waals surface area contributed by atoms with Crippen LogP contribution in [0.5, 0.6) is 0 Å². The number of nitrogens with zero attached hydrogens (tertiary/aromatic N) is 3. The minimum Gasteiger partial charge on any atom is -0.376 e. The number of benzene rings is 1. The highest BCUT2D eigenvalue weighted by atomic mass is 32.2. The topological polar surface area (TPSA) is 72.8 Å². The van der Waals surface area contributed by atoms with Crippen LogP contribution in [0.1, 0.15) is 24.0 Å². The molecule has 0 saturated carbocycles. The fraction of sp³-hybridized carbons (Fsp3) is 0.389. The van der Waals surface area contributed by atoms with Gasteiger partial charge in [0.15, 0.2) is 16.3 Å². The van der Waals surface area contributed by atoms with Gasteiger partial charge in [-0.3, -0.25) is 4.79 Å². The van der Waals surface area contributed by atoms with E-state index in [0.717, 1.165) is 30.4 Å². The summed E-state index contributed by atoms with van der Waals surface area (Å²) in [5.74, 6) is 0.800. The molecule has 0 spiro atoms. The smallest absolute Gasteiger partial charge is 0.278 e. The predicted octanol–water partition coefficient (Wildman–Crippen LogP) is 2.90. The number of imidazole rings is 1. The molecule has 130 valence electrons. The number of aromatic nitrogens is 4. The molecule has 25 heavy (non-hydrogen) atoms. The van der Waals surface area contributed by atoms with Gasteiger partial charge in [0.05, 0.1) is 19.0 Å². The van der Waals surface area contributed by atoms with Gasteiger partial charge in [0, 0.05) is 12.4 Å². The van der Waals surface area contributed by atoms with Crippen molar-refractivity contribution in [3.8, 4) is 0 Å². The maximum Gasteiger partial charge on any atom is 0.278 e. The maximum absolute atomic E-state index is 12.1. The third kappa shape index (κ3) is 3.48. The highest BCUT2D eigenvalue weighted by Crippen LogP contribution is 2.27. The van der Waals surface area contributed by atoms with Gasteiger partial charge in [0.1, 0.15) is 0 Å². The molecule has 7 heteroatoms. The Labute approximate surface area is 149 Å². The lowest BCUT2D eigenvalue weighted by Crippen LogP contribution is -2.16. The van der Waals surface area contributed by atoms with Gasteiger partial charge in [-0.25, -0.2) is 9.97 Å². The molecule has 2 aromatic heterocycles. The summed E-state index contributed by atoms with van der Waals surface area (Å²) in [5, 5.41) is 0.816. The Morgan fingerprint density at radius 2 is 2.36 bits per heavy atom. The van der Waals surface area contributed by atoms with E-state index < -0.39 is 0 Å². The van der Waals surface area contributed by atoms with Crippen molar-refractivity contribution in [1.82, 2.24) is 19.5 Å². The molecule has 1 N–H and O–H groups in total. The third-order valence-electron chi connectivity index (χ3n) is 4.36. The zero-order chi connectivity index (χ0) is 17.2. The summed E-state index contributed by atoms with van der Waals surface area (Å²) < 4.78 is 7.80. The molecular formula is C18H20N4O2S. The van der Waals surface area contributed by atoms with Crippen LogP contribution in [0, 0.1) is 6.92 Å². The first-order valence-electron chi connectivity index (χ1n) is 8.44. The third-order valence-corrected chi connectivity index (χ3v) is 5.41. The number of hydrogen-bond acceptors (Lipinski definition) is 5. The van der Waals surface area contributed by atoms with Crippen molar-refractivity contribution in [2.45, 2.75) is 43.3 Å². The Morgan fingerprint density at radius 1 is 1.44 bits per heavy atom. The van der Waals surface area contributed by atoms with Crippen LogP contribution in [0.15, 0.2) is 40.5 Å². The Balaban J connectivity index is 1.66. The zero-order valence-corrected chi connectivity index (χ0v) is 14.9. The fourth-order valence-electron chi connectivity index (χ4n) is 3.14. The fourth-order valence-corrected chi connectivity index (χ4v) is 4.09. The maximum atomic E-state index is 12.1. The van der Waals surface area contributed by atoms with E-state index in [1.807, 2.05) is 4.57 Å². The minimum absolute atomic E-state index is 0.164. The van der Waals surface area contributed by atoms with Crippen LogP contribution >= 0.6 is 11.8 Å². The highest BCUT2D eigenvalue weighted by molar-refractivity contribution is 7.98. The largest absolute Gasteiger partial charge is 0.376 e. The highest BCUT2D eigenvalue weighted by Gasteiger charge is 2.21. The molecule has 1 aromatic carbocycles. The SMILES string of the molecule is Cc1cccc(CSc2nc3c(=O)[nH]cnc3n2C[C@H]2CCCO2)c1. The molecule has 1 atom stereocenters. The normalized spacial score (nSPS) is 17.4. The monoisotopic (exact) mass is 356 g/mol. The van der Waals surface area contributed by atoms with Gasteiger partial charge < -0.3 is 14.3 Å². The number of hydrogen-bond donors (Lipinski definition) is 1. The summed E-state index contributed by atoms with van der Waals surface area (Å²) in [6.07, 6.45) is 3.71. The van der Waals surface area contributed by atoms with Crippen molar-refractivity contribution < 1.29 is 4.74 Å². The van der Waals surface area contributed by atoms with Crippen molar-refractivity contribution in [2.75, 3.05) is 6.61 Å². The molecule has 3 heterocycles. The summed E-state index contributed by atoms with van der Waals surface area (Å²) in [4.78, 5) is 23.6. The zero-order valence-electron chi connectivity index (χ0n) is 14.1. The first kappa shape index (κ1) is 16.4. The van der Waals surface area contributed by atoms with E-state index in [-0.39, 0.29) is 11.7 Å². The molecule has 6 nitrogen and oxygen atoms in total. The molecule has 0 radical (unpaired) electrons. The van der Waals surface area contributed by atoms with Crippen LogP contribution in [0.25, 0.3) is 11.2 Å². The molecule has 0 amide bonds. The Bertz CT molecular complexity index is 944. The van der Waals surface area contributed by atoms with Crippen LogP contribution in [0.2, 0.25) is 0 Å². The molecular weight excluding hydrogens is 336 g/mol. The molecule has 1 aliphatic heterocycles. The second kappa shape index (κ2) is 7.01. The Morgan fingerprint density at radius 3 is 3.16 bits per heavy atom. The van der Waals surface area contributed by atoms with Gasteiger partial charge in [0.2, 0.25) is 0 Å². The van der Waals surface area contributed by atoms with Gasteiger partial charge in [0.25, 0.3) is 5.56 Å². The quantitative estimate of drug-likeness (QED) is 0.712. The van der Waals surface area contributed by atoms with Gasteiger partial charge in [-0.2, -0.15) is 0 Å². The lowest BCUT2D eigenvalue weighted by Gasteiger charge is -2.13. The predicted molar refractivity (Wildman–Crippen MR) is 97.9 cm³/mol. The first-order chi connectivity index (χ1) is 12.2. The second-order valence-corrected chi connectivity index (χ2v) is 7.26. The van der Waals surface area contributed by atoms with Crippen LogP contribution in [-0.2, 0) is 17.0 Å². The van der Waals surface area contributed by atoms with Gasteiger partial charge in [-0.05, 0) is 25.3 Å². The van der Waals surface area contributed by atoms with E-state index in [1.165, 1.54) is 17.5 Å². The van der Waals surface area contributed by atoms with Crippen molar-refractivity contribution in [1.29, 1.82) is 0 Å². The molecule has 0 aliphatic carbocycles. The Hall–Kier alpha value is -2.12. The van der Waals surface area contributed by atoms with Crippen LogP contribution in [-0.4, -0.2) is 32.2 Å². The van der Waals surface area contributed by atoms with E-state index in [1.54, 1.807) is 11.8 Å². The number of aryl methyl sites for hydroxylation is 1. The average Bonchev–Trinajstić information content (AvgIpc) is 3.23. The lowest BCUT2D eigenvalue weighted by atomic mass is 10.2. The number of rotatable bonds is 5. The first-order valence-corrected chi connectivity index (χ1v) is 9.43. The van der Waals surface area contributed by atoms with Crippen molar-refractivity contribution in [3.63, 3.8) is 0 Å². The Kier molecular flexibility index (Phi) is 4.59. The van der Waals surface area contributed by atoms with Crippen LogP contribution in [0.4, 0.5) is 0 Å². The van der Waals surface area contributed by atoms with E-state index in [0.29, 0.717) is 17.7 Å². The summed E-state index contributed by atoms with van der Waals surface area (Å²) in [6.45, 7) is 3.57. The van der Waals surface area contributed by atoms with Crippen molar-refractivity contribution >= 4 is 22.9 Å². The average molecular weight is 356 g/mol. The number of aromatic amines is 1. The van der Waals surface area contributed by atoms with Crippen LogP contribution in [0.3, 0.4) is 0 Å². The molecule has 1 aliphatic rings. The number of thioether (sulfide) groups is 1. The standard InChI is InChI=1S/C18H20N4O2S/c1-12-4-2-5-13(8-12)10-25-18-21-15-16(19-11-20-17(15)23)22(18)9-14-6-3-7-24-14/h2,4-5,8,11,14H,3,6-7,9-10H2,1H3,(H,19,20,23)/t14-/m1/s1. The van der Waals surface area contributed by atoms with Crippen LogP contribution < -0.4 is 5.56 Å². The van der Waals surface area contributed by atoms with Gasteiger partial charge >= 0.3 is 0 Å². The minimum atomic E-state index is -0.200. The summed E-state index contributed by atoms with van der Waals surface area (Å²) in [5.41, 5.74) is 3.30. The van der Waals surface area contributed by atoms with E-state index in [4.69, 9.17) is 4.74 Å². The molecule has 4 rings (SSSR count). The van der Waals surface area contributed by atoms with Crippen molar-refractivity contribution in [2.24, 2.45) is 0 Å². The molecule has 0 unspecified atom stereocenters. The molecule has 1 saturated heterocycles. The van der Waals surface area contributed by atoms with E-state index in [9.17, 15) is 4.79 Å². The number of fused-ring (bicyclic) bond motifs is 1. The molecule has 3 aromatic rings. The van der Waals surface area contributed by atoms with E-state index >= 15 is 0 Å². The molecule has 0 bridgehead atoms. The summed E-state index contributed by atoms with van der Waals surface area (Å²) >= 11 is 1.63. The molecule has 1 fully saturated rings. The van der Waals surface area contributed by atoms with Gasteiger partial charge in [-0.15, -0.1) is 0 Å². The summed E-state index contributed by atoms with van der Waals surface area (Å²) in [7, 11) is 0.